The van der Waals surface area contributed by atoms with Crippen molar-refractivity contribution in [3.05, 3.63) is 34.9 Å². The molecule has 0 bridgehead atoms. The second kappa shape index (κ2) is 7.14. The minimum atomic E-state index is -0.738. The van der Waals surface area contributed by atoms with Crippen LogP contribution in [0.3, 0.4) is 0 Å². The molecular weight excluding hydrogens is 260 g/mol. The highest BCUT2D eigenvalue weighted by Gasteiger charge is 2.25. The highest BCUT2D eigenvalue weighted by molar-refractivity contribution is 5.28. The summed E-state index contributed by atoms with van der Waals surface area (Å²) in [6.07, 6.45) is 3.85. The summed E-state index contributed by atoms with van der Waals surface area (Å²) in [5.74, 6) is -1.46. The predicted molar refractivity (Wildman–Crippen MR) is 75.7 cm³/mol. The Hall–Kier alpha value is -1.00. The molecule has 1 aromatic carbocycles. The third kappa shape index (κ3) is 3.55. The molecule has 112 valence electrons. The van der Waals surface area contributed by atoms with Crippen LogP contribution in [-0.4, -0.2) is 19.3 Å². The fourth-order valence-electron chi connectivity index (χ4n) is 2.66. The van der Waals surface area contributed by atoms with Gasteiger partial charge < -0.3 is 10.1 Å². The van der Waals surface area contributed by atoms with E-state index in [0.717, 1.165) is 32.4 Å². The minimum absolute atomic E-state index is 0.146. The van der Waals surface area contributed by atoms with E-state index in [2.05, 4.69) is 12.2 Å². The molecule has 0 saturated carbocycles. The summed E-state index contributed by atoms with van der Waals surface area (Å²) in [4.78, 5) is 0. The van der Waals surface area contributed by atoms with Crippen molar-refractivity contribution in [2.75, 3.05) is 13.2 Å². The molecule has 1 saturated heterocycles. The van der Waals surface area contributed by atoms with Gasteiger partial charge in [-0.15, -0.1) is 0 Å². The van der Waals surface area contributed by atoms with Crippen molar-refractivity contribution in [2.45, 2.75) is 51.7 Å². The lowest BCUT2D eigenvalue weighted by molar-refractivity contribution is 0.0941. The summed E-state index contributed by atoms with van der Waals surface area (Å²) in [6, 6.07) is 3.15. The Labute approximate surface area is 119 Å². The van der Waals surface area contributed by atoms with Crippen LogP contribution in [0.2, 0.25) is 0 Å². The zero-order valence-corrected chi connectivity index (χ0v) is 12.2. The Bertz CT molecular complexity index is 444. The number of hydrogen-bond donors (Lipinski definition) is 1. The van der Waals surface area contributed by atoms with Crippen LogP contribution in [0.25, 0.3) is 0 Å². The quantitative estimate of drug-likeness (QED) is 0.855. The summed E-state index contributed by atoms with van der Waals surface area (Å²) in [6.45, 7) is 5.20. The zero-order valence-electron chi connectivity index (χ0n) is 12.2. The van der Waals surface area contributed by atoms with Gasteiger partial charge in [0.15, 0.2) is 11.6 Å². The smallest absolute Gasteiger partial charge is 0.163 e. The van der Waals surface area contributed by atoms with E-state index in [1.807, 2.05) is 0 Å². The summed E-state index contributed by atoms with van der Waals surface area (Å²) >= 11 is 0. The van der Waals surface area contributed by atoms with Crippen molar-refractivity contribution in [3.63, 3.8) is 0 Å². The van der Waals surface area contributed by atoms with Gasteiger partial charge in [0.2, 0.25) is 0 Å². The third-order valence-corrected chi connectivity index (χ3v) is 3.84. The van der Waals surface area contributed by atoms with Gasteiger partial charge in [-0.3, -0.25) is 0 Å². The fraction of sp³-hybridized carbons (Fsp3) is 0.625. The van der Waals surface area contributed by atoms with Crippen molar-refractivity contribution >= 4 is 0 Å². The zero-order chi connectivity index (χ0) is 14.5. The summed E-state index contributed by atoms with van der Waals surface area (Å²) in [5.41, 5.74) is 0.759. The first-order chi connectivity index (χ1) is 9.63. The molecule has 1 aliphatic heterocycles. The van der Waals surface area contributed by atoms with Crippen molar-refractivity contribution in [1.82, 2.24) is 5.32 Å². The SMILES string of the molecule is CCCNC(CC1CCCO1)c1ccc(C)c(F)c1F. The van der Waals surface area contributed by atoms with Crippen LogP contribution in [0.15, 0.2) is 12.1 Å². The molecule has 4 heteroatoms. The van der Waals surface area contributed by atoms with Crippen LogP contribution in [0.1, 0.15) is 49.8 Å². The van der Waals surface area contributed by atoms with Crippen LogP contribution in [-0.2, 0) is 4.74 Å². The molecule has 2 unspecified atom stereocenters. The normalized spacial score (nSPS) is 20.3. The lowest BCUT2D eigenvalue weighted by Gasteiger charge is -2.23. The van der Waals surface area contributed by atoms with Gasteiger partial charge in [0.1, 0.15) is 0 Å². The molecule has 1 aliphatic rings. The molecule has 1 fully saturated rings. The van der Waals surface area contributed by atoms with Gasteiger partial charge in [0.05, 0.1) is 6.10 Å². The second-order valence-electron chi connectivity index (χ2n) is 5.48. The molecule has 0 aromatic heterocycles. The molecule has 1 N–H and O–H groups in total. The topological polar surface area (TPSA) is 21.3 Å². The monoisotopic (exact) mass is 283 g/mol. The largest absolute Gasteiger partial charge is 0.378 e. The average molecular weight is 283 g/mol. The van der Waals surface area contributed by atoms with E-state index < -0.39 is 11.6 Å². The van der Waals surface area contributed by atoms with E-state index in [-0.39, 0.29) is 12.1 Å². The molecule has 1 aromatic rings. The highest BCUT2D eigenvalue weighted by atomic mass is 19.2. The van der Waals surface area contributed by atoms with Crippen LogP contribution in [0, 0.1) is 18.6 Å². The van der Waals surface area contributed by atoms with E-state index in [1.165, 1.54) is 0 Å². The lowest BCUT2D eigenvalue weighted by atomic mass is 9.97. The molecule has 0 amide bonds. The second-order valence-corrected chi connectivity index (χ2v) is 5.48. The maximum absolute atomic E-state index is 14.2. The maximum Gasteiger partial charge on any atom is 0.163 e. The number of aryl methyl sites for hydroxylation is 1. The Morgan fingerprint density at radius 2 is 2.15 bits per heavy atom. The van der Waals surface area contributed by atoms with Crippen LogP contribution in [0.4, 0.5) is 8.78 Å². The van der Waals surface area contributed by atoms with Gasteiger partial charge in [-0.1, -0.05) is 19.1 Å². The van der Waals surface area contributed by atoms with E-state index in [0.29, 0.717) is 17.5 Å². The number of nitrogens with one attached hydrogen (secondary N) is 1. The highest BCUT2D eigenvalue weighted by Crippen LogP contribution is 2.28. The van der Waals surface area contributed by atoms with Crippen molar-refractivity contribution in [1.29, 1.82) is 0 Å². The van der Waals surface area contributed by atoms with E-state index in [1.54, 1.807) is 19.1 Å². The Morgan fingerprint density at radius 1 is 1.35 bits per heavy atom. The average Bonchev–Trinajstić information content (AvgIpc) is 2.94. The fourth-order valence-corrected chi connectivity index (χ4v) is 2.66. The first kappa shape index (κ1) is 15.4. The van der Waals surface area contributed by atoms with Crippen LogP contribution in [0.5, 0.6) is 0 Å². The predicted octanol–water partition coefficient (Wildman–Crippen LogP) is 3.88. The van der Waals surface area contributed by atoms with Crippen molar-refractivity contribution in [3.8, 4) is 0 Å². The summed E-state index contributed by atoms with van der Waals surface area (Å²) in [7, 11) is 0. The van der Waals surface area contributed by atoms with Gasteiger partial charge in [0.25, 0.3) is 0 Å². The summed E-state index contributed by atoms with van der Waals surface area (Å²) < 4.78 is 33.5. The first-order valence-corrected chi connectivity index (χ1v) is 7.43. The molecular formula is C16H23F2NO. The molecule has 2 rings (SSSR count). The molecule has 2 atom stereocenters. The number of hydrogen-bond acceptors (Lipinski definition) is 2. The van der Waals surface area contributed by atoms with Crippen molar-refractivity contribution in [2.24, 2.45) is 0 Å². The Kier molecular flexibility index (Phi) is 5.49. The number of benzene rings is 1. The van der Waals surface area contributed by atoms with Crippen LogP contribution < -0.4 is 5.32 Å². The Morgan fingerprint density at radius 3 is 2.80 bits per heavy atom. The molecule has 20 heavy (non-hydrogen) atoms. The van der Waals surface area contributed by atoms with Gasteiger partial charge in [-0.2, -0.15) is 0 Å². The maximum atomic E-state index is 14.2. The van der Waals surface area contributed by atoms with Gasteiger partial charge >= 0.3 is 0 Å². The standard InChI is InChI=1S/C16H23F2NO/c1-3-8-19-14(10-12-5-4-9-20-12)13-7-6-11(2)15(17)16(13)18/h6-7,12,14,19H,3-5,8-10H2,1-2H3. The van der Waals surface area contributed by atoms with E-state index in [9.17, 15) is 8.78 Å². The molecule has 0 aliphatic carbocycles. The Balaban J connectivity index is 2.18. The molecule has 0 spiro atoms. The third-order valence-electron chi connectivity index (χ3n) is 3.84. The van der Waals surface area contributed by atoms with Gasteiger partial charge in [0, 0.05) is 18.2 Å². The van der Waals surface area contributed by atoms with E-state index in [4.69, 9.17) is 4.74 Å². The van der Waals surface area contributed by atoms with E-state index >= 15 is 0 Å². The number of halogens is 2. The molecule has 1 heterocycles. The number of rotatable bonds is 6. The van der Waals surface area contributed by atoms with Gasteiger partial charge in [-0.25, -0.2) is 8.78 Å². The van der Waals surface area contributed by atoms with Crippen LogP contribution >= 0.6 is 0 Å². The number of ether oxygens (including phenoxy) is 1. The minimum Gasteiger partial charge on any atom is -0.378 e. The van der Waals surface area contributed by atoms with Gasteiger partial charge in [-0.05, 0) is 44.7 Å². The molecule has 0 radical (unpaired) electrons. The first-order valence-electron chi connectivity index (χ1n) is 7.43. The molecule has 2 nitrogen and oxygen atoms in total. The summed E-state index contributed by atoms with van der Waals surface area (Å²) in [5, 5.41) is 3.31. The lowest BCUT2D eigenvalue weighted by Crippen LogP contribution is -2.27. The van der Waals surface area contributed by atoms with Crippen molar-refractivity contribution < 1.29 is 13.5 Å².